The Morgan fingerprint density at radius 1 is 1.31 bits per heavy atom. The summed E-state index contributed by atoms with van der Waals surface area (Å²) in [6.07, 6.45) is 1.62. The van der Waals surface area contributed by atoms with Crippen LogP contribution in [-0.4, -0.2) is 5.78 Å². The van der Waals surface area contributed by atoms with Gasteiger partial charge in [0.2, 0.25) is 0 Å². The molecule has 1 rings (SSSR count). The molecule has 1 aromatic carbocycles. The molecule has 0 saturated heterocycles. The summed E-state index contributed by atoms with van der Waals surface area (Å²) in [5.41, 5.74) is 2.33. The van der Waals surface area contributed by atoms with Gasteiger partial charge in [0.25, 0.3) is 0 Å². The molecular formula is C14H15NO. The second-order valence-electron chi connectivity index (χ2n) is 4.05. The maximum absolute atomic E-state index is 11.1. The summed E-state index contributed by atoms with van der Waals surface area (Å²) in [6.45, 7) is 5.65. The molecule has 0 spiro atoms. The number of ketones is 1. The van der Waals surface area contributed by atoms with Gasteiger partial charge in [0.15, 0.2) is 5.78 Å². The van der Waals surface area contributed by atoms with E-state index in [9.17, 15) is 4.79 Å². The van der Waals surface area contributed by atoms with E-state index >= 15 is 0 Å². The van der Waals surface area contributed by atoms with E-state index in [1.165, 1.54) is 12.5 Å². The summed E-state index contributed by atoms with van der Waals surface area (Å²) in [4.78, 5) is 11.1. The van der Waals surface area contributed by atoms with E-state index in [1.54, 1.807) is 6.08 Å². The van der Waals surface area contributed by atoms with E-state index in [4.69, 9.17) is 5.26 Å². The zero-order chi connectivity index (χ0) is 12.1. The highest BCUT2D eigenvalue weighted by atomic mass is 16.1. The Bertz CT molecular complexity index is 447. The van der Waals surface area contributed by atoms with Crippen molar-refractivity contribution in [1.82, 2.24) is 0 Å². The van der Waals surface area contributed by atoms with Crippen molar-refractivity contribution in [2.45, 2.75) is 26.7 Å². The number of Topliss-reactive ketones (excluding diaryl/α,β-unsaturated/α-hetero) is 1. The molecule has 0 saturated carbocycles. The van der Waals surface area contributed by atoms with Gasteiger partial charge in [0.1, 0.15) is 6.07 Å². The predicted molar refractivity (Wildman–Crippen MR) is 64.8 cm³/mol. The average molecular weight is 213 g/mol. The Morgan fingerprint density at radius 3 is 2.25 bits per heavy atom. The number of hydrogen-bond donors (Lipinski definition) is 0. The molecule has 0 heterocycles. The van der Waals surface area contributed by atoms with Crippen LogP contribution in [0.1, 0.15) is 37.8 Å². The SMILES string of the molecule is CC(=O)/C(C#N)=C/c1ccc(C(C)C)cc1. The van der Waals surface area contributed by atoms with Crippen molar-refractivity contribution in [3.63, 3.8) is 0 Å². The molecule has 0 aromatic heterocycles. The van der Waals surface area contributed by atoms with Crippen LogP contribution in [0.25, 0.3) is 6.08 Å². The number of hydrogen-bond acceptors (Lipinski definition) is 2. The number of benzene rings is 1. The summed E-state index contributed by atoms with van der Waals surface area (Å²) in [5.74, 6) is 0.289. The van der Waals surface area contributed by atoms with Crippen molar-refractivity contribution in [3.05, 3.63) is 41.0 Å². The second kappa shape index (κ2) is 5.27. The minimum absolute atomic E-state index is 0.192. The highest BCUT2D eigenvalue weighted by molar-refractivity contribution is 6.01. The summed E-state index contributed by atoms with van der Waals surface area (Å²) in [7, 11) is 0. The van der Waals surface area contributed by atoms with Crippen molar-refractivity contribution in [3.8, 4) is 6.07 Å². The maximum Gasteiger partial charge on any atom is 0.170 e. The first kappa shape index (κ1) is 12.2. The fourth-order valence-electron chi connectivity index (χ4n) is 1.36. The molecule has 0 atom stereocenters. The molecule has 0 bridgehead atoms. The van der Waals surface area contributed by atoms with Crippen LogP contribution in [0, 0.1) is 11.3 Å². The number of rotatable bonds is 3. The van der Waals surface area contributed by atoms with Crippen LogP contribution in [-0.2, 0) is 4.79 Å². The van der Waals surface area contributed by atoms with E-state index in [0.717, 1.165) is 5.56 Å². The Morgan fingerprint density at radius 2 is 1.88 bits per heavy atom. The van der Waals surface area contributed by atoms with Gasteiger partial charge < -0.3 is 0 Å². The van der Waals surface area contributed by atoms with Gasteiger partial charge in [-0.1, -0.05) is 38.1 Å². The molecule has 0 aliphatic heterocycles. The normalized spacial score (nSPS) is 11.3. The molecule has 0 aliphatic rings. The van der Waals surface area contributed by atoms with E-state index in [2.05, 4.69) is 13.8 Å². The lowest BCUT2D eigenvalue weighted by atomic mass is 10.0. The summed E-state index contributed by atoms with van der Waals surface area (Å²) in [5, 5.41) is 8.76. The first-order valence-corrected chi connectivity index (χ1v) is 5.27. The average Bonchev–Trinajstić information content (AvgIpc) is 2.26. The number of nitriles is 1. The van der Waals surface area contributed by atoms with Crippen LogP contribution < -0.4 is 0 Å². The zero-order valence-electron chi connectivity index (χ0n) is 9.82. The quantitative estimate of drug-likeness (QED) is 0.571. The van der Waals surface area contributed by atoms with Crippen LogP contribution in [0.2, 0.25) is 0 Å². The van der Waals surface area contributed by atoms with Crippen LogP contribution in [0.4, 0.5) is 0 Å². The number of carbonyl (C=O) groups is 1. The zero-order valence-corrected chi connectivity index (χ0v) is 9.82. The standard InChI is InChI=1S/C14H15NO/c1-10(2)13-6-4-12(5-7-13)8-14(9-15)11(3)16/h4-8,10H,1-3H3/b14-8+. The number of carbonyl (C=O) groups excluding carboxylic acids is 1. The topological polar surface area (TPSA) is 40.9 Å². The van der Waals surface area contributed by atoms with Crippen LogP contribution >= 0.6 is 0 Å². The van der Waals surface area contributed by atoms with Gasteiger partial charge in [-0.05, 0) is 30.0 Å². The molecule has 0 unspecified atom stereocenters. The van der Waals surface area contributed by atoms with Crippen LogP contribution in [0.5, 0.6) is 0 Å². The molecule has 1 aromatic rings. The van der Waals surface area contributed by atoms with E-state index in [1.807, 2.05) is 30.3 Å². The Kier molecular flexibility index (Phi) is 4.02. The number of allylic oxidation sites excluding steroid dienone is 1. The third-order valence-electron chi connectivity index (χ3n) is 2.41. The largest absolute Gasteiger partial charge is 0.294 e. The van der Waals surface area contributed by atoms with Crippen LogP contribution in [0.15, 0.2) is 29.8 Å². The lowest BCUT2D eigenvalue weighted by Gasteiger charge is -2.04. The highest BCUT2D eigenvalue weighted by Crippen LogP contribution is 2.16. The van der Waals surface area contributed by atoms with Gasteiger partial charge in [-0.3, -0.25) is 4.79 Å². The minimum atomic E-state index is -0.199. The Hall–Kier alpha value is -1.88. The molecule has 0 N–H and O–H groups in total. The third kappa shape index (κ3) is 3.06. The van der Waals surface area contributed by atoms with Crippen LogP contribution in [0.3, 0.4) is 0 Å². The molecule has 2 nitrogen and oxygen atoms in total. The fraction of sp³-hybridized carbons (Fsp3) is 0.286. The highest BCUT2D eigenvalue weighted by Gasteiger charge is 2.02. The first-order chi connectivity index (χ1) is 7.54. The number of nitrogens with zero attached hydrogens (tertiary/aromatic N) is 1. The summed E-state index contributed by atoms with van der Waals surface area (Å²) < 4.78 is 0. The molecule has 0 amide bonds. The molecule has 0 fully saturated rings. The maximum atomic E-state index is 11.1. The molecule has 0 aliphatic carbocycles. The fourth-order valence-corrected chi connectivity index (χ4v) is 1.36. The predicted octanol–water partition coefficient (Wildman–Crippen LogP) is 3.31. The Labute approximate surface area is 96.2 Å². The van der Waals surface area contributed by atoms with Gasteiger partial charge in [0.05, 0.1) is 5.57 Å². The van der Waals surface area contributed by atoms with Crippen molar-refractivity contribution in [2.75, 3.05) is 0 Å². The van der Waals surface area contributed by atoms with Gasteiger partial charge in [0, 0.05) is 0 Å². The third-order valence-corrected chi connectivity index (χ3v) is 2.41. The van der Waals surface area contributed by atoms with E-state index in [-0.39, 0.29) is 11.4 Å². The monoisotopic (exact) mass is 213 g/mol. The smallest absolute Gasteiger partial charge is 0.170 e. The lowest BCUT2D eigenvalue weighted by Crippen LogP contribution is -1.93. The molecule has 82 valence electrons. The molecule has 16 heavy (non-hydrogen) atoms. The van der Waals surface area contributed by atoms with Crippen molar-refractivity contribution >= 4 is 11.9 Å². The van der Waals surface area contributed by atoms with E-state index in [0.29, 0.717) is 5.92 Å². The Balaban J connectivity index is 3.00. The van der Waals surface area contributed by atoms with E-state index < -0.39 is 0 Å². The van der Waals surface area contributed by atoms with Gasteiger partial charge in [-0.15, -0.1) is 0 Å². The molecule has 2 heteroatoms. The second-order valence-corrected chi connectivity index (χ2v) is 4.05. The van der Waals surface area contributed by atoms with Crippen molar-refractivity contribution < 1.29 is 4.79 Å². The summed E-state index contributed by atoms with van der Waals surface area (Å²) >= 11 is 0. The molecular weight excluding hydrogens is 198 g/mol. The van der Waals surface area contributed by atoms with Gasteiger partial charge in [-0.25, -0.2) is 0 Å². The first-order valence-electron chi connectivity index (χ1n) is 5.27. The lowest BCUT2D eigenvalue weighted by molar-refractivity contribution is -0.113. The van der Waals surface area contributed by atoms with Crippen molar-refractivity contribution in [1.29, 1.82) is 5.26 Å². The van der Waals surface area contributed by atoms with Gasteiger partial charge in [-0.2, -0.15) is 5.26 Å². The summed E-state index contributed by atoms with van der Waals surface area (Å²) in [6, 6.07) is 9.79. The van der Waals surface area contributed by atoms with Gasteiger partial charge >= 0.3 is 0 Å². The van der Waals surface area contributed by atoms with Crippen molar-refractivity contribution in [2.24, 2.45) is 0 Å². The minimum Gasteiger partial charge on any atom is -0.294 e. The molecule has 0 radical (unpaired) electrons.